The molecule has 0 aliphatic heterocycles. The lowest BCUT2D eigenvalue weighted by Gasteiger charge is -2.28. The van der Waals surface area contributed by atoms with Crippen molar-refractivity contribution in [2.45, 2.75) is 26.8 Å². The molecule has 2 rings (SSSR count). The number of hydrogen-bond acceptors (Lipinski definition) is 8. The number of carbonyl (C=O) groups excluding carboxylic acids is 2. The normalized spacial score (nSPS) is 10.0. The number of carbonyl (C=O) groups is 2. The molecule has 0 unspecified atom stereocenters. The van der Waals surface area contributed by atoms with Gasteiger partial charge in [0, 0.05) is 18.7 Å². The summed E-state index contributed by atoms with van der Waals surface area (Å²) >= 11 is 0. The van der Waals surface area contributed by atoms with Crippen molar-refractivity contribution in [3.63, 3.8) is 0 Å². The molecule has 0 bridgehead atoms. The van der Waals surface area contributed by atoms with Gasteiger partial charge in [-0.2, -0.15) is 5.10 Å². The quantitative estimate of drug-likeness (QED) is 0.278. The summed E-state index contributed by atoms with van der Waals surface area (Å²) in [5.41, 5.74) is 13.0. The van der Waals surface area contributed by atoms with Gasteiger partial charge in [0.15, 0.2) is 0 Å². The number of nitrogens with two attached hydrogens (primary N) is 2. The van der Waals surface area contributed by atoms with Crippen molar-refractivity contribution in [3.8, 4) is 5.75 Å². The highest BCUT2D eigenvalue weighted by Crippen LogP contribution is 2.38. The first-order chi connectivity index (χ1) is 15.0. The Morgan fingerprint density at radius 2 is 2.10 bits per heavy atom. The van der Waals surface area contributed by atoms with Gasteiger partial charge in [0.25, 0.3) is 5.91 Å². The van der Waals surface area contributed by atoms with Gasteiger partial charge in [0.05, 0.1) is 25.2 Å². The van der Waals surface area contributed by atoms with Crippen LogP contribution in [0.15, 0.2) is 23.2 Å². The number of nitrogens with zero attached hydrogens (tertiary/aromatic N) is 4. The lowest BCUT2D eigenvalue weighted by atomic mass is 10.1. The third kappa shape index (κ3) is 6.63. The van der Waals surface area contributed by atoms with Crippen LogP contribution >= 0.6 is 0 Å². The molecule has 5 N–H and O–H groups in total. The average Bonchev–Trinajstić information content (AvgIpc) is 3.20. The number of aliphatic imine (C=N–C) groups is 1. The number of methoxy groups -OCH3 is 1. The Morgan fingerprint density at radius 1 is 1.39 bits per heavy atom. The van der Waals surface area contributed by atoms with Crippen molar-refractivity contribution < 1.29 is 14.3 Å². The van der Waals surface area contributed by atoms with Gasteiger partial charge in [0.1, 0.15) is 23.4 Å². The number of nitrogens with one attached hydrogen (secondary N) is 1. The van der Waals surface area contributed by atoms with E-state index in [4.69, 9.17) is 10.5 Å². The van der Waals surface area contributed by atoms with Gasteiger partial charge >= 0.3 is 0 Å². The van der Waals surface area contributed by atoms with E-state index in [-0.39, 0.29) is 12.6 Å². The van der Waals surface area contributed by atoms with E-state index in [2.05, 4.69) is 27.9 Å². The molecule has 0 spiro atoms. The zero-order valence-corrected chi connectivity index (χ0v) is 18.7. The van der Waals surface area contributed by atoms with Crippen LogP contribution in [0.3, 0.4) is 0 Å². The van der Waals surface area contributed by atoms with Crippen LogP contribution in [0, 0.1) is 6.92 Å². The van der Waals surface area contributed by atoms with Gasteiger partial charge in [-0.3, -0.25) is 19.3 Å². The van der Waals surface area contributed by atoms with E-state index in [1.807, 2.05) is 18.7 Å². The number of aldehydes is 1. The molecule has 0 aliphatic rings. The smallest absolute Gasteiger partial charge is 0.270 e. The average molecular weight is 432 g/mol. The SMILES string of the molecule is C=Nc1cc(C=O)cc(OC)c1N(CCCN)CNC(=O)c1cc(C)nn1CC.CN. The van der Waals surface area contributed by atoms with E-state index in [9.17, 15) is 9.59 Å². The number of benzene rings is 1. The summed E-state index contributed by atoms with van der Waals surface area (Å²) in [5.74, 6) is 0.236. The molecule has 1 amide bonds. The fraction of sp³-hybridized carbons (Fsp3) is 0.429. The van der Waals surface area contributed by atoms with E-state index >= 15 is 0 Å². The Hall–Kier alpha value is -3.24. The van der Waals surface area contributed by atoms with Crippen LogP contribution in [0.5, 0.6) is 5.75 Å². The van der Waals surface area contributed by atoms with Gasteiger partial charge in [-0.25, -0.2) is 0 Å². The van der Waals surface area contributed by atoms with Gasteiger partial charge in [-0.15, -0.1) is 0 Å². The predicted molar refractivity (Wildman–Crippen MR) is 124 cm³/mol. The van der Waals surface area contributed by atoms with Gasteiger partial charge in [-0.1, -0.05) is 0 Å². The van der Waals surface area contributed by atoms with Crippen LogP contribution in [0.25, 0.3) is 0 Å². The maximum absolute atomic E-state index is 12.7. The van der Waals surface area contributed by atoms with E-state index in [1.165, 1.54) is 14.2 Å². The number of rotatable bonds is 11. The van der Waals surface area contributed by atoms with Crippen molar-refractivity contribution in [3.05, 3.63) is 35.2 Å². The molecule has 0 saturated heterocycles. The fourth-order valence-corrected chi connectivity index (χ4v) is 3.06. The third-order valence-electron chi connectivity index (χ3n) is 4.42. The van der Waals surface area contributed by atoms with Crippen LogP contribution in [0.1, 0.15) is 39.9 Å². The second-order valence-corrected chi connectivity index (χ2v) is 6.42. The number of amides is 1. The second kappa shape index (κ2) is 13.1. The molecule has 0 atom stereocenters. The molecule has 1 aromatic carbocycles. The number of ether oxygens (including phenoxy) is 1. The highest BCUT2D eigenvalue weighted by Gasteiger charge is 2.20. The van der Waals surface area contributed by atoms with Crippen LogP contribution in [-0.4, -0.2) is 62.6 Å². The lowest BCUT2D eigenvalue weighted by Crippen LogP contribution is -2.39. The molecule has 10 nitrogen and oxygen atoms in total. The highest BCUT2D eigenvalue weighted by atomic mass is 16.5. The zero-order chi connectivity index (χ0) is 23.4. The number of aromatic nitrogens is 2. The number of hydrogen-bond donors (Lipinski definition) is 3. The van der Waals surface area contributed by atoms with Crippen molar-refractivity contribution in [1.82, 2.24) is 15.1 Å². The molecule has 2 aromatic rings. The molecule has 0 fully saturated rings. The number of aryl methyl sites for hydroxylation is 2. The summed E-state index contributed by atoms with van der Waals surface area (Å²) in [6, 6.07) is 5.01. The van der Waals surface area contributed by atoms with Crippen LogP contribution in [0.4, 0.5) is 11.4 Å². The molecule has 1 heterocycles. The molecule has 0 aliphatic carbocycles. The summed E-state index contributed by atoms with van der Waals surface area (Å²) in [6.45, 7) is 9.21. The van der Waals surface area contributed by atoms with E-state index < -0.39 is 0 Å². The van der Waals surface area contributed by atoms with Crippen molar-refractivity contribution >= 4 is 30.3 Å². The Bertz CT molecular complexity index is 880. The molecule has 10 heteroatoms. The summed E-state index contributed by atoms with van der Waals surface area (Å²) in [5, 5.41) is 7.23. The standard InChI is InChI=1S/C20H28N6O3.CH5N/c1-5-26-17(9-14(2)24-26)20(28)23-13-25(8-6-7-21)19-16(22-3)10-15(12-27)11-18(19)29-4;1-2/h9-12H,3,5-8,13,21H2,1-2,4H3,(H,23,28);2H2,1H3. The van der Waals surface area contributed by atoms with E-state index in [1.54, 1.807) is 22.9 Å². The minimum absolute atomic E-state index is 0.200. The molecule has 0 saturated carbocycles. The topological polar surface area (TPSA) is 141 Å². The molecule has 1 aromatic heterocycles. The molecular weight excluding hydrogens is 398 g/mol. The first kappa shape index (κ1) is 25.8. The first-order valence-corrected chi connectivity index (χ1v) is 9.98. The summed E-state index contributed by atoms with van der Waals surface area (Å²) in [6.07, 6.45) is 1.41. The highest BCUT2D eigenvalue weighted by molar-refractivity contribution is 5.93. The molecule has 31 heavy (non-hydrogen) atoms. The van der Waals surface area contributed by atoms with E-state index in [0.29, 0.717) is 54.4 Å². The minimum atomic E-state index is -0.234. The third-order valence-corrected chi connectivity index (χ3v) is 4.42. The maximum atomic E-state index is 12.7. The van der Waals surface area contributed by atoms with Gasteiger partial charge in [0.2, 0.25) is 0 Å². The summed E-state index contributed by atoms with van der Waals surface area (Å²) < 4.78 is 7.13. The Morgan fingerprint density at radius 3 is 2.65 bits per heavy atom. The second-order valence-electron chi connectivity index (χ2n) is 6.42. The van der Waals surface area contributed by atoms with Crippen LogP contribution < -0.4 is 26.4 Å². The monoisotopic (exact) mass is 431 g/mol. The van der Waals surface area contributed by atoms with Crippen LogP contribution in [0.2, 0.25) is 0 Å². The van der Waals surface area contributed by atoms with Crippen molar-refractivity contribution in [2.75, 3.05) is 38.8 Å². The molecule has 170 valence electrons. The number of anilines is 1. The molecule has 0 radical (unpaired) electrons. The Balaban J connectivity index is 0.00000233. The lowest BCUT2D eigenvalue weighted by molar-refractivity contribution is 0.0942. The largest absolute Gasteiger partial charge is 0.494 e. The maximum Gasteiger partial charge on any atom is 0.270 e. The zero-order valence-electron chi connectivity index (χ0n) is 18.7. The van der Waals surface area contributed by atoms with E-state index in [0.717, 1.165) is 12.0 Å². The van der Waals surface area contributed by atoms with Crippen LogP contribution in [-0.2, 0) is 6.54 Å². The Kier molecular flexibility index (Phi) is 10.9. The van der Waals surface area contributed by atoms with Gasteiger partial charge in [-0.05, 0) is 58.8 Å². The van der Waals surface area contributed by atoms with Gasteiger partial charge < -0.3 is 26.4 Å². The fourth-order valence-electron chi connectivity index (χ4n) is 3.06. The Labute approximate surface area is 183 Å². The first-order valence-electron chi connectivity index (χ1n) is 9.98. The minimum Gasteiger partial charge on any atom is -0.494 e. The van der Waals surface area contributed by atoms with Crippen molar-refractivity contribution in [1.29, 1.82) is 0 Å². The molecular formula is C21H33N7O3. The summed E-state index contributed by atoms with van der Waals surface area (Å²) in [4.78, 5) is 29.9. The van der Waals surface area contributed by atoms with Crippen molar-refractivity contribution in [2.24, 2.45) is 16.5 Å². The predicted octanol–water partition coefficient (Wildman–Crippen LogP) is 1.48. The summed E-state index contributed by atoms with van der Waals surface area (Å²) in [7, 11) is 3.02.